The molecule has 0 aliphatic heterocycles. The van der Waals surface area contributed by atoms with E-state index in [0.29, 0.717) is 29.7 Å². The molecule has 14 heteroatoms. The number of rotatable bonds is 7. The van der Waals surface area contributed by atoms with Gasteiger partial charge in [-0.05, 0) is 75.9 Å². The lowest BCUT2D eigenvalue weighted by molar-refractivity contribution is -0.157. The number of anilines is 1. The summed E-state index contributed by atoms with van der Waals surface area (Å²) in [6, 6.07) is 6.10. The molecule has 0 bridgehead atoms. The van der Waals surface area contributed by atoms with Crippen LogP contribution >= 0.6 is 0 Å². The van der Waals surface area contributed by atoms with Crippen molar-refractivity contribution >= 4 is 28.5 Å². The summed E-state index contributed by atoms with van der Waals surface area (Å²) in [5.41, 5.74) is -0.604. The second-order valence-electron chi connectivity index (χ2n) is 12.1. The Hall–Kier alpha value is -5.32. The molecule has 5 rings (SSSR count). The minimum absolute atomic E-state index is 0.194. The standard InChI is InChI=1S/C34H27F6N3O5/c1-6-12-42(23-9-7-8-18(24(23)35)32(45)48-30-28(39)26(37)25(36)27(38)29(30)40)22-11-10-17-13-21-20(14-19(17)22)31(44)43(16(2)41-21)15-47-33(46)34(3,4)5/h1,7-9,13-14,22H,10-12,15H2,2-5H3/t22-/m1/s1. The van der Waals surface area contributed by atoms with Crippen LogP contribution in [-0.2, 0) is 22.7 Å². The van der Waals surface area contributed by atoms with E-state index in [9.17, 15) is 36.3 Å². The van der Waals surface area contributed by atoms with Crippen LogP contribution in [-0.4, -0.2) is 28.0 Å². The van der Waals surface area contributed by atoms with Crippen LogP contribution in [0.2, 0.25) is 0 Å². The minimum atomic E-state index is -2.46. The predicted octanol–water partition coefficient (Wildman–Crippen LogP) is 6.43. The highest BCUT2D eigenvalue weighted by molar-refractivity contribution is 5.92. The smallest absolute Gasteiger partial charge is 0.346 e. The monoisotopic (exact) mass is 671 g/mol. The lowest BCUT2D eigenvalue weighted by Crippen LogP contribution is -2.30. The third-order valence-electron chi connectivity index (χ3n) is 7.90. The van der Waals surface area contributed by atoms with Gasteiger partial charge >= 0.3 is 11.9 Å². The number of fused-ring (bicyclic) bond motifs is 2. The molecule has 0 fully saturated rings. The number of terminal acetylenes is 1. The molecule has 1 aliphatic carbocycles. The van der Waals surface area contributed by atoms with Gasteiger partial charge in [0.15, 0.2) is 12.5 Å². The second-order valence-corrected chi connectivity index (χ2v) is 12.1. The van der Waals surface area contributed by atoms with E-state index in [1.807, 2.05) is 0 Å². The highest BCUT2D eigenvalue weighted by Crippen LogP contribution is 2.41. The van der Waals surface area contributed by atoms with Gasteiger partial charge in [0.25, 0.3) is 5.56 Å². The van der Waals surface area contributed by atoms with Crippen molar-refractivity contribution in [3.05, 3.63) is 98.1 Å². The van der Waals surface area contributed by atoms with E-state index >= 15 is 4.39 Å². The fourth-order valence-corrected chi connectivity index (χ4v) is 5.41. The molecule has 4 aromatic rings. The van der Waals surface area contributed by atoms with Crippen LogP contribution in [0.1, 0.15) is 60.5 Å². The molecule has 0 spiro atoms. The molecule has 0 unspecified atom stereocenters. The zero-order chi connectivity index (χ0) is 35.2. The molecule has 0 amide bonds. The van der Waals surface area contributed by atoms with Crippen LogP contribution in [0.15, 0.2) is 35.1 Å². The molecule has 0 radical (unpaired) electrons. The Labute approximate surface area is 269 Å². The van der Waals surface area contributed by atoms with Crippen LogP contribution in [0.4, 0.5) is 32.0 Å². The maximum absolute atomic E-state index is 16.0. The summed E-state index contributed by atoms with van der Waals surface area (Å²) < 4.78 is 96.1. The van der Waals surface area contributed by atoms with Gasteiger partial charge in [0, 0.05) is 0 Å². The highest BCUT2D eigenvalue weighted by Gasteiger charge is 2.33. The van der Waals surface area contributed by atoms with Crippen molar-refractivity contribution in [3.63, 3.8) is 0 Å². The van der Waals surface area contributed by atoms with Crippen LogP contribution < -0.4 is 15.2 Å². The maximum atomic E-state index is 16.0. The number of hydrogen-bond donors (Lipinski definition) is 0. The van der Waals surface area contributed by atoms with Gasteiger partial charge in [0.05, 0.1) is 40.2 Å². The Kier molecular flexibility index (Phi) is 9.01. The number of ether oxygens (including phenoxy) is 2. The van der Waals surface area contributed by atoms with Gasteiger partial charge in [-0.1, -0.05) is 12.0 Å². The predicted molar refractivity (Wildman–Crippen MR) is 161 cm³/mol. The lowest BCUT2D eigenvalue weighted by atomic mass is 9.98. The number of aromatic nitrogens is 2. The van der Waals surface area contributed by atoms with Crippen molar-refractivity contribution in [1.29, 1.82) is 0 Å². The third-order valence-corrected chi connectivity index (χ3v) is 7.90. The molecule has 1 aliphatic rings. The van der Waals surface area contributed by atoms with Gasteiger partial charge in [0.2, 0.25) is 34.8 Å². The lowest BCUT2D eigenvalue weighted by Gasteiger charge is -2.31. The molecule has 250 valence electrons. The van der Waals surface area contributed by atoms with Crippen molar-refractivity contribution < 1.29 is 45.4 Å². The number of hydrogen-bond acceptors (Lipinski definition) is 7. The van der Waals surface area contributed by atoms with Crippen molar-refractivity contribution in [2.75, 3.05) is 11.4 Å². The van der Waals surface area contributed by atoms with Crippen molar-refractivity contribution in [2.45, 2.75) is 53.3 Å². The fraction of sp³-hybridized carbons (Fsp3) is 0.294. The van der Waals surface area contributed by atoms with Crippen LogP contribution in [0.3, 0.4) is 0 Å². The van der Waals surface area contributed by atoms with Crippen LogP contribution in [0.5, 0.6) is 5.75 Å². The molecule has 1 atom stereocenters. The SMILES string of the molecule is C#CCN(c1cccc(C(=O)Oc2c(F)c(F)c(F)c(F)c2F)c1F)[C@@H]1CCc2cc3nc(C)n(COC(=O)C(C)(C)C)c(=O)c3cc21. The van der Waals surface area contributed by atoms with Crippen LogP contribution in [0, 0.1) is 59.6 Å². The number of esters is 2. The Balaban J connectivity index is 1.52. The normalized spacial score (nSPS) is 14.1. The number of aryl methyl sites for hydroxylation is 2. The Bertz CT molecular complexity index is 2070. The first kappa shape index (κ1) is 34.0. The molecule has 1 heterocycles. The third kappa shape index (κ3) is 5.96. The number of carbonyl (C=O) groups excluding carboxylic acids is 2. The zero-order valence-corrected chi connectivity index (χ0v) is 26.0. The van der Waals surface area contributed by atoms with Gasteiger partial charge in [-0.2, -0.15) is 8.78 Å². The van der Waals surface area contributed by atoms with E-state index in [1.165, 1.54) is 21.6 Å². The quantitative estimate of drug-likeness (QED) is 0.0559. The van der Waals surface area contributed by atoms with Crippen molar-refractivity contribution in [1.82, 2.24) is 9.55 Å². The van der Waals surface area contributed by atoms with Gasteiger partial charge in [0.1, 0.15) is 5.82 Å². The number of halogens is 6. The van der Waals surface area contributed by atoms with Gasteiger partial charge in [-0.25, -0.2) is 27.3 Å². The van der Waals surface area contributed by atoms with E-state index < -0.39 is 75.2 Å². The fourth-order valence-electron chi connectivity index (χ4n) is 5.41. The van der Waals surface area contributed by atoms with E-state index in [-0.39, 0.29) is 24.3 Å². The Morgan fingerprint density at radius 2 is 1.67 bits per heavy atom. The summed E-state index contributed by atoms with van der Waals surface area (Å²) in [6.07, 6.45) is 6.49. The summed E-state index contributed by atoms with van der Waals surface area (Å²) in [5, 5.41) is 0.194. The number of carbonyl (C=O) groups is 2. The molecular formula is C34H27F6N3O5. The van der Waals surface area contributed by atoms with Crippen LogP contribution in [0.25, 0.3) is 10.9 Å². The Morgan fingerprint density at radius 1 is 1.02 bits per heavy atom. The van der Waals surface area contributed by atoms with E-state index in [1.54, 1.807) is 39.8 Å². The second kappa shape index (κ2) is 12.7. The van der Waals surface area contributed by atoms with Gasteiger partial charge in [-0.15, -0.1) is 6.42 Å². The molecule has 8 nitrogen and oxygen atoms in total. The molecule has 0 saturated carbocycles. The van der Waals surface area contributed by atoms with Crippen molar-refractivity contribution in [3.8, 4) is 18.1 Å². The first-order valence-corrected chi connectivity index (χ1v) is 14.5. The maximum Gasteiger partial charge on any atom is 0.346 e. The van der Waals surface area contributed by atoms with E-state index in [2.05, 4.69) is 15.6 Å². The van der Waals surface area contributed by atoms with Crippen molar-refractivity contribution in [2.24, 2.45) is 5.41 Å². The molecule has 0 saturated heterocycles. The largest absolute Gasteiger partial charge is 0.443 e. The molecule has 3 aromatic carbocycles. The average Bonchev–Trinajstić information content (AvgIpc) is 3.44. The molecule has 0 N–H and O–H groups in total. The zero-order valence-electron chi connectivity index (χ0n) is 26.0. The number of nitrogens with zero attached hydrogens (tertiary/aromatic N) is 3. The topological polar surface area (TPSA) is 90.7 Å². The van der Waals surface area contributed by atoms with Gasteiger partial charge < -0.3 is 14.4 Å². The average molecular weight is 672 g/mol. The first-order valence-electron chi connectivity index (χ1n) is 14.5. The molecule has 48 heavy (non-hydrogen) atoms. The van der Waals surface area contributed by atoms with Gasteiger partial charge in [-0.3, -0.25) is 14.2 Å². The molecular weight excluding hydrogens is 644 g/mol. The van der Waals surface area contributed by atoms with E-state index in [0.717, 1.165) is 11.6 Å². The highest BCUT2D eigenvalue weighted by atomic mass is 19.2. The van der Waals surface area contributed by atoms with E-state index in [4.69, 9.17) is 11.2 Å². The summed E-state index contributed by atoms with van der Waals surface area (Å²) in [6.45, 7) is 6.04. The first-order chi connectivity index (χ1) is 22.6. The number of benzene rings is 3. The summed E-state index contributed by atoms with van der Waals surface area (Å²) >= 11 is 0. The summed E-state index contributed by atoms with van der Waals surface area (Å²) in [7, 11) is 0. The summed E-state index contributed by atoms with van der Waals surface area (Å²) in [4.78, 5) is 44.7. The summed E-state index contributed by atoms with van der Waals surface area (Å²) in [5.74, 6) is -14.6. The molecule has 1 aromatic heterocycles. The Morgan fingerprint density at radius 3 is 2.29 bits per heavy atom. The minimum Gasteiger partial charge on any atom is -0.443 e.